The van der Waals surface area contributed by atoms with Gasteiger partial charge in [-0.25, -0.2) is 15.0 Å². The molecule has 2 aliphatic rings. The number of hydrogen-bond acceptors (Lipinski definition) is 6. The second-order valence-electron chi connectivity index (χ2n) is 9.45. The summed E-state index contributed by atoms with van der Waals surface area (Å²) in [6, 6.07) is 9.70. The third-order valence-electron chi connectivity index (χ3n) is 6.86. The average molecular weight is 509 g/mol. The standard InChI is InChI=1S/C25H22F2N5O3P/c1-31-19-10-18(21-15(23(31)33)5-4-6-20(21)35-24(26)27)32-17-9-13(7-8-16(17)30-22(19)32)14-11-28-25(29-12-14)36(2,3)34/h4-9,11-12,18-19,24H,10H2,1-3H3/t18-,19+/m1/s1. The Morgan fingerprint density at radius 2 is 1.83 bits per heavy atom. The summed E-state index contributed by atoms with van der Waals surface area (Å²) in [6.07, 6.45) is 3.79. The molecule has 0 radical (unpaired) electrons. The van der Waals surface area contributed by atoms with E-state index in [-0.39, 0.29) is 17.7 Å². The van der Waals surface area contributed by atoms with Gasteiger partial charge in [0.25, 0.3) is 5.91 Å². The number of nitrogens with zero attached hydrogens (tertiary/aromatic N) is 5. The Bertz CT molecular complexity index is 1580. The SMILES string of the molecule is CN1C(=O)c2cccc(OC(F)F)c2[C@H]2C[C@H]1c1nc3ccc(-c4cnc(P(C)(C)=O)nc4)cc3n12. The largest absolute Gasteiger partial charge is 0.434 e. The van der Waals surface area contributed by atoms with Gasteiger partial charge in [-0.15, -0.1) is 0 Å². The number of ether oxygens (including phenoxy) is 1. The Kier molecular flexibility index (Phi) is 5.02. The fraction of sp³-hybridized carbons (Fsp3) is 0.280. The summed E-state index contributed by atoms with van der Waals surface area (Å²) >= 11 is 0. The van der Waals surface area contributed by atoms with E-state index in [1.54, 1.807) is 49.8 Å². The van der Waals surface area contributed by atoms with Gasteiger partial charge in [-0.2, -0.15) is 8.78 Å². The molecule has 2 aliphatic heterocycles. The van der Waals surface area contributed by atoms with Gasteiger partial charge in [-0.3, -0.25) is 4.79 Å². The first-order valence-electron chi connectivity index (χ1n) is 11.4. The van der Waals surface area contributed by atoms with E-state index in [2.05, 4.69) is 9.97 Å². The van der Waals surface area contributed by atoms with Crippen molar-refractivity contribution in [1.82, 2.24) is 24.4 Å². The second kappa shape index (κ2) is 7.93. The first-order valence-corrected chi connectivity index (χ1v) is 14.0. The number of halogens is 2. The van der Waals surface area contributed by atoms with Gasteiger partial charge in [-0.05, 0) is 43.2 Å². The summed E-state index contributed by atoms with van der Waals surface area (Å²) in [5.41, 5.74) is 4.21. The molecule has 11 heteroatoms. The Labute approximate surface area is 205 Å². The molecular formula is C25H22F2N5O3P. The second-order valence-corrected chi connectivity index (χ2v) is 12.5. The zero-order valence-electron chi connectivity index (χ0n) is 19.7. The van der Waals surface area contributed by atoms with E-state index < -0.39 is 19.8 Å². The van der Waals surface area contributed by atoms with Crippen molar-refractivity contribution in [3.8, 4) is 16.9 Å². The van der Waals surface area contributed by atoms with Gasteiger partial charge >= 0.3 is 6.61 Å². The van der Waals surface area contributed by atoms with Crippen LogP contribution in [-0.2, 0) is 4.57 Å². The van der Waals surface area contributed by atoms with E-state index in [1.807, 2.05) is 22.8 Å². The van der Waals surface area contributed by atoms with Crippen molar-refractivity contribution >= 4 is 29.6 Å². The number of fused-ring (bicyclic) bond motifs is 9. The third-order valence-corrected chi connectivity index (χ3v) is 8.05. The molecular weight excluding hydrogens is 487 g/mol. The van der Waals surface area contributed by atoms with Crippen molar-refractivity contribution in [3.05, 3.63) is 65.7 Å². The van der Waals surface area contributed by atoms with Gasteiger partial charge in [0.2, 0.25) is 0 Å². The maximum atomic E-state index is 13.3. The topological polar surface area (TPSA) is 90.2 Å². The van der Waals surface area contributed by atoms with Crippen molar-refractivity contribution in [1.29, 1.82) is 0 Å². The van der Waals surface area contributed by atoms with Crippen LogP contribution in [0.4, 0.5) is 8.78 Å². The van der Waals surface area contributed by atoms with E-state index in [4.69, 9.17) is 9.72 Å². The number of amides is 1. The number of aromatic nitrogens is 4. The molecule has 6 rings (SSSR count). The van der Waals surface area contributed by atoms with Gasteiger partial charge in [0.05, 0.1) is 23.1 Å². The Balaban J connectivity index is 1.53. The van der Waals surface area contributed by atoms with Crippen molar-refractivity contribution < 1.29 is 22.9 Å². The van der Waals surface area contributed by atoms with Crippen LogP contribution in [0.1, 0.15) is 40.3 Å². The monoisotopic (exact) mass is 509 g/mol. The molecule has 0 unspecified atom stereocenters. The number of hydrogen-bond donors (Lipinski definition) is 0. The maximum absolute atomic E-state index is 13.3. The van der Waals surface area contributed by atoms with Gasteiger partial charge in [-0.1, -0.05) is 12.1 Å². The van der Waals surface area contributed by atoms with Crippen molar-refractivity contribution in [3.63, 3.8) is 0 Å². The highest BCUT2D eigenvalue weighted by atomic mass is 31.2. The van der Waals surface area contributed by atoms with Crippen LogP contribution in [0.2, 0.25) is 0 Å². The lowest BCUT2D eigenvalue weighted by Crippen LogP contribution is -2.30. The number of benzene rings is 2. The molecule has 0 N–H and O–H groups in total. The zero-order valence-corrected chi connectivity index (χ0v) is 20.6. The molecule has 4 heterocycles. The Hall–Kier alpha value is -3.65. The molecule has 0 fully saturated rings. The highest BCUT2D eigenvalue weighted by Crippen LogP contribution is 2.50. The lowest BCUT2D eigenvalue weighted by atomic mass is 9.97. The van der Waals surface area contributed by atoms with Gasteiger partial charge in [0.1, 0.15) is 18.7 Å². The molecule has 0 saturated carbocycles. The fourth-order valence-corrected chi connectivity index (χ4v) is 5.88. The van der Waals surface area contributed by atoms with Crippen LogP contribution in [0.25, 0.3) is 22.2 Å². The van der Waals surface area contributed by atoms with Gasteiger partial charge in [0, 0.05) is 42.6 Å². The highest BCUT2D eigenvalue weighted by Gasteiger charge is 2.45. The number of rotatable bonds is 4. The summed E-state index contributed by atoms with van der Waals surface area (Å²) in [7, 11) is -0.869. The summed E-state index contributed by atoms with van der Waals surface area (Å²) in [5.74, 6) is 0.441. The van der Waals surface area contributed by atoms with Crippen LogP contribution in [0.5, 0.6) is 5.75 Å². The molecule has 1 amide bonds. The van der Waals surface area contributed by atoms with Crippen LogP contribution >= 0.6 is 7.14 Å². The normalized spacial score (nSPS) is 18.9. The number of alkyl halides is 2. The first-order chi connectivity index (χ1) is 17.1. The smallest absolute Gasteiger partial charge is 0.387 e. The minimum Gasteiger partial charge on any atom is -0.434 e. The molecule has 0 saturated heterocycles. The lowest BCUT2D eigenvalue weighted by Gasteiger charge is -2.24. The molecule has 2 aromatic heterocycles. The van der Waals surface area contributed by atoms with Gasteiger partial charge < -0.3 is 18.8 Å². The highest BCUT2D eigenvalue weighted by molar-refractivity contribution is 7.69. The molecule has 0 spiro atoms. The van der Waals surface area contributed by atoms with E-state index in [9.17, 15) is 18.1 Å². The van der Waals surface area contributed by atoms with Crippen LogP contribution in [0.3, 0.4) is 0 Å². The quantitative estimate of drug-likeness (QED) is 0.378. The number of carbonyl (C=O) groups excluding carboxylic acids is 1. The van der Waals surface area contributed by atoms with Crippen LogP contribution < -0.4 is 10.3 Å². The number of imidazole rings is 1. The van der Waals surface area contributed by atoms with E-state index in [1.165, 1.54) is 6.07 Å². The lowest BCUT2D eigenvalue weighted by molar-refractivity contribution is -0.0507. The molecule has 184 valence electrons. The Morgan fingerprint density at radius 1 is 1.08 bits per heavy atom. The van der Waals surface area contributed by atoms with E-state index in [0.717, 1.165) is 22.2 Å². The number of carbonyl (C=O) groups is 1. The fourth-order valence-electron chi connectivity index (χ4n) is 5.21. The van der Waals surface area contributed by atoms with E-state index in [0.29, 0.717) is 28.9 Å². The minimum atomic E-state index is -3.01. The average Bonchev–Trinajstić information content (AvgIpc) is 3.36. The molecule has 36 heavy (non-hydrogen) atoms. The van der Waals surface area contributed by atoms with E-state index >= 15 is 0 Å². The summed E-state index contributed by atoms with van der Waals surface area (Å²) in [4.78, 5) is 28.3. The molecule has 2 atom stereocenters. The first kappa shape index (κ1) is 22.8. The van der Waals surface area contributed by atoms with Crippen LogP contribution in [-0.4, -0.2) is 57.3 Å². The molecule has 0 aliphatic carbocycles. The van der Waals surface area contributed by atoms with Crippen molar-refractivity contribution in [2.45, 2.75) is 25.1 Å². The molecule has 8 nitrogen and oxygen atoms in total. The zero-order chi connectivity index (χ0) is 25.4. The predicted molar refractivity (Wildman–Crippen MR) is 131 cm³/mol. The minimum absolute atomic E-state index is 0.00620. The summed E-state index contributed by atoms with van der Waals surface area (Å²) in [6.45, 7) is 0.228. The maximum Gasteiger partial charge on any atom is 0.387 e. The summed E-state index contributed by atoms with van der Waals surface area (Å²) in [5, 5.41) is 0. The van der Waals surface area contributed by atoms with Crippen LogP contribution in [0, 0.1) is 0 Å². The van der Waals surface area contributed by atoms with Crippen molar-refractivity contribution in [2.24, 2.45) is 0 Å². The summed E-state index contributed by atoms with van der Waals surface area (Å²) < 4.78 is 45.7. The molecule has 2 bridgehead atoms. The molecule has 2 aromatic carbocycles. The predicted octanol–water partition coefficient (Wildman–Crippen LogP) is 4.46. The molecule has 4 aromatic rings. The van der Waals surface area contributed by atoms with Crippen molar-refractivity contribution in [2.75, 3.05) is 20.4 Å². The van der Waals surface area contributed by atoms with Gasteiger partial charge in [0.15, 0.2) is 5.57 Å². The third kappa shape index (κ3) is 3.43. The Morgan fingerprint density at radius 3 is 2.53 bits per heavy atom. The van der Waals surface area contributed by atoms with Crippen LogP contribution in [0.15, 0.2) is 48.8 Å².